The van der Waals surface area contributed by atoms with Gasteiger partial charge in [-0.2, -0.15) is 0 Å². The molecule has 1 aliphatic heterocycles. The van der Waals surface area contributed by atoms with Crippen LogP contribution in [0.1, 0.15) is 32.7 Å². The van der Waals surface area contributed by atoms with E-state index in [0.717, 1.165) is 5.56 Å². The van der Waals surface area contributed by atoms with Gasteiger partial charge in [-0.15, -0.1) is 0 Å². The molecule has 4 rings (SSSR count). The molecule has 0 spiro atoms. The molecule has 1 aliphatic rings. The number of aliphatic hydroxyl groups is 1. The summed E-state index contributed by atoms with van der Waals surface area (Å²) in [5.41, 5.74) is 0.766. The molecule has 30 heavy (non-hydrogen) atoms. The highest BCUT2D eigenvalue weighted by molar-refractivity contribution is 6.32. The van der Waals surface area contributed by atoms with Crippen molar-refractivity contribution in [3.8, 4) is 11.5 Å². The number of halogens is 1. The van der Waals surface area contributed by atoms with Crippen molar-refractivity contribution in [2.75, 3.05) is 14.2 Å². The van der Waals surface area contributed by atoms with Gasteiger partial charge >= 0.3 is 0 Å². The summed E-state index contributed by atoms with van der Waals surface area (Å²) in [5.74, 6) is 0.769. The van der Waals surface area contributed by atoms with Crippen molar-refractivity contribution in [2.24, 2.45) is 0 Å². The number of fused-ring (bicyclic) bond motifs is 1. The Morgan fingerprint density at radius 3 is 2.60 bits per heavy atom. The predicted molar refractivity (Wildman–Crippen MR) is 113 cm³/mol. The molecule has 0 bridgehead atoms. The molecule has 154 valence electrons. The van der Waals surface area contributed by atoms with Crippen molar-refractivity contribution in [1.29, 1.82) is 0 Å². The van der Waals surface area contributed by atoms with E-state index in [1.807, 2.05) is 25.1 Å². The van der Waals surface area contributed by atoms with Gasteiger partial charge in [0.05, 0.1) is 31.4 Å². The molecule has 3 aromatic rings. The molecule has 6 nitrogen and oxygen atoms in total. The minimum atomic E-state index is -1.77. The highest BCUT2D eigenvalue weighted by atomic mass is 35.5. The summed E-state index contributed by atoms with van der Waals surface area (Å²) in [6.45, 7) is 1.97. The monoisotopic (exact) mass is 424 g/mol. The lowest BCUT2D eigenvalue weighted by molar-refractivity contribution is -0.0548. The number of hydrogen-bond donors (Lipinski definition) is 1. The maximum Gasteiger partial charge on any atom is 0.276 e. The second-order valence-corrected chi connectivity index (χ2v) is 7.48. The van der Waals surface area contributed by atoms with Gasteiger partial charge in [0.2, 0.25) is 0 Å². The standard InChI is InChI=1S/C23H21ClN2O4/c1-14-6-4-5-7-17(14)23(28)20-18(24)10-11-25-21(20)22(27)26(23)13-15-8-9-16(29-2)12-19(15)30-3/h4-12,28H,13H2,1-3H3. The van der Waals surface area contributed by atoms with E-state index in [0.29, 0.717) is 28.2 Å². The fraction of sp³-hybridized carbons (Fsp3) is 0.217. The summed E-state index contributed by atoms with van der Waals surface area (Å²) in [6, 6.07) is 14.3. The summed E-state index contributed by atoms with van der Waals surface area (Å²) >= 11 is 6.47. The average molecular weight is 425 g/mol. The number of aryl methyl sites for hydroxylation is 1. The van der Waals surface area contributed by atoms with Gasteiger partial charge in [-0.25, -0.2) is 0 Å². The van der Waals surface area contributed by atoms with Crippen molar-refractivity contribution in [3.63, 3.8) is 0 Å². The van der Waals surface area contributed by atoms with Crippen molar-refractivity contribution in [2.45, 2.75) is 19.2 Å². The topological polar surface area (TPSA) is 71.9 Å². The van der Waals surface area contributed by atoms with Crippen LogP contribution in [0.3, 0.4) is 0 Å². The van der Waals surface area contributed by atoms with Crippen LogP contribution in [-0.4, -0.2) is 35.1 Å². The molecule has 0 saturated heterocycles. The van der Waals surface area contributed by atoms with Gasteiger partial charge in [0.1, 0.15) is 17.2 Å². The number of amides is 1. The van der Waals surface area contributed by atoms with E-state index in [1.165, 1.54) is 11.1 Å². The molecule has 1 amide bonds. The number of carbonyl (C=O) groups is 1. The number of carbonyl (C=O) groups excluding carboxylic acids is 1. The zero-order valence-corrected chi connectivity index (χ0v) is 17.6. The number of methoxy groups -OCH3 is 2. The number of rotatable bonds is 5. The van der Waals surface area contributed by atoms with E-state index in [-0.39, 0.29) is 17.3 Å². The Morgan fingerprint density at radius 1 is 1.13 bits per heavy atom. The summed E-state index contributed by atoms with van der Waals surface area (Å²) in [7, 11) is 3.12. The minimum absolute atomic E-state index is 0.0868. The van der Waals surface area contributed by atoms with Gasteiger partial charge < -0.3 is 14.6 Å². The van der Waals surface area contributed by atoms with Crippen molar-refractivity contribution < 1.29 is 19.4 Å². The molecule has 1 N–H and O–H groups in total. The Morgan fingerprint density at radius 2 is 1.90 bits per heavy atom. The number of ether oxygens (including phenoxy) is 2. The molecule has 0 radical (unpaired) electrons. The molecule has 1 unspecified atom stereocenters. The van der Waals surface area contributed by atoms with Crippen molar-refractivity contribution in [1.82, 2.24) is 9.88 Å². The SMILES string of the molecule is COc1ccc(CN2C(=O)c3nccc(Cl)c3C2(O)c2ccccc2C)c(OC)c1. The number of nitrogens with zero attached hydrogens (tertiary/aromatic N) is 2. The van der Waals surface area contributed by atoms with Crippen LogP contribution in [0.5, 0.6) is 11.5 Å². The molecule has 7 heteroatoms. The molecule has 2 heterocycles. The highest BCUT2D eigenvalue weighted by Gasteiger charge is 2.52. The Balaban J connectivity index is 1.90. The molecular weight excluding hydrogens is 404 g/mol. The first-order valence-electron chi connectivity index (χ1n) is 9.38. The fourth-order valence-electron chi connectivity index (χ4n) is 3.92. The maximum absolute atomic E-state index is 13.4. The zero-order valence-electron chi connectivity index (χ0n) is 16.8. The van der Waals surface area contributed by atoms with Crippen molar-refractivity contribution >= 4 is 17.5 Å². The van der Waals surface area contributed by atoms with Crippen molar-refractivity contribution in [3.05, 3.63) is 87.7 Å². The molecule has 0 saturated carbocycles. The Bertz CT molecular complexity index is 1130. The lowest BCUT2D eigenvalue weighted by atomic mass is 9.91. The smallest absolute Gasteiger partial charge is 0.276 e. The molecule has 1 aromatic heterocycles. The third-order valence-electron chi connectivity index (χ3n) is 5.43. The largest absolute Gasteiger partial charge is 0.497 e. The fourth-order valence-corrected chi connectivity index (χ4v) is 4.20. The molecule has 2 aromatic carbocycles. The predicted octanol–water partition coefficient (Wildman–Crippen LogP) is 3.91. The highest BCUT2D eigenvalue weighted by Crippen LogP contribution is 2.46. The first-order valence-corrected chi connectivity index (χ1v) is 9.76. The third kappa shape index (κ3) is 3.00. The second kappa shape index (κ2) is 7.63. The van der Waals surface area contributed by atoms with Gasteiger partial charge in [-0.05, 0) is 30.7 Å². The van der Waals surface area contributed by atoms with E-state index in [2.05, 4.69) is 4.98 Å². The number of benzene rings is 2. The van der Waals surface area contributed by atoms with Gasteiger partial charge in [-0.1, -0.05) is 35.9 Å². The van der Waals surface area contributed by atoms with Crippen LogP contribution in [0.2, 0.25) is 5.02 Å². The quantitative estimate of drug-likeness (QED) is 0.672. The lowest BCUT2D eigenvalue weighted by Gasteiger charge is -2.36. The van der Waals surface area contributed by atoms with Crippen LogP contribution in [0.25, 0.3) is 0 Å². The normalized spacial score (nSPS) is 17.8. The first-order chi connectivity index (χ1) is 14.4. The van der Waals surface area contributed by atoms with Crippen LogP contribution in [0.4, 0.5) is 0 Å². The summed E-state index contributed by atoms with van der Waals surface area (Å²) in [4.78, 5) is 19.0. The van der Waals surface area contributed by atoms with Gasteiger partial charge in [0.25, 0.3) is 5.91 Å². The molecular formula is C23H21ClN2O4. The van der Waals surface area contributed by atoms with E-state index in [9.17, 15) is 9.90 Å². The lowest BCUT2D eigenvalue weighted by Crippen LogP contribution is -2.44. The third-order valence-corrected chi connectivity index (χ3v) is 5.75. The molecule has 0 aliphatic carbocycles. The second-order valence-electron chi connectivity index (χ2n) is 7.07. The van der Waals surface area contributed by atoms with E-state index in [4.69, 9.17) is 21.1 Å². The Kier molecular flexibility index (Phi) is 5.13. The number of aromatic nitrogens is 1. The summed E-state index contributed by atoms with van der Waals surface area (Å²) in [5, 5.41) is 12.3. The molecule has 0 fully saturated rings. The minimum Gasteiger partial charge on any atom is -0.497 e. The summed E-state index contributed by atoms with van der Waals surface area (Å²) < 4.78 is 10.7. The van der Waals surface area contributed by atoms with Gasteiger partial charge in [0.15, 0.2) is 5.72 Å². The number of hydrogen-bond acceptors (Lipinski definition) is 5. The molecule has 1 atom stereocenters. The van der Waals surface area contributed by atoms with Gasteiger partial charge in [0, 0.05) is 23.4 Å². The number of pyridine rings is 1. The van der Waals surface area contributed by atoms with Crippen LogP contribution in [-0.2, 0) is 12.3 Å². The zero-order chi connectivity index (χ0) is 21.5. The first kappa shape index (κ1) is 20.2. The van der Waals surface area contributed by atoms with Crippen LogP contribution in [0, 0.1) is 6.92 Å². The Hall–Kier alpha value is -3.09. The summed E-state index contributed by atoms with van der Waals surface area (Å²) in [6.07, 6.45) is 1.47. The van der Waals surface area contributed by atoms with Gasteiger partial charge in [-0.3, -0.25) is 14.7 Å². The van der Waals surface area contributed by atoms with E-state index < -0.39 is 11.6 Å². The van der Waals surface area contributed by atoms with E-state index >= 15 is 0 Å². The Labute approximate surface area is 179 Å². The maximum atomic E-state index is 13.4. The van der Waals surface area contributed by atoms with Crippen LogP contribution >= 0.6 is 11.6 Å². The van der Waals surface area contributed by atoms with E-state index in [1.54, 1.807) is 44.6 Å². The average Bonchev–Trinajstić information content (AvgIpc) is 2.97. The van der Waals surface area contributed by atoms with Crippen LogP contribution < -0.4 is 9.47 Å². The van der Waals surface area contributed by atoms with Crippen LogP contribution in [0.15, 0.2) is 54.7 Å².